The van der Waals surface area contributed by atoms with Crippen molar-refractivity contribution >= 4 is 17.3 Å². The fourth-order valence-corrected chi connectivity index (χ4v) is 3.07. The number of aryl methyl sites for hydroxylation is 1. The molecule has 0 saturated carbocycles. The molecule has 2 unspecified atom stereocenters. The van der Waals surface area contributed by atoms with Crippen molar-refractivity contribution in [3.63, 3.8) is 0 Å². The first-order valence-electron chi connectivity index (χ1n) is 6.07. The molecule has 18 heavy (non-hydrogen) atoms. The minimum absolute atomic E-state index is 0.0333. The fraction of sp³-hybridized carbons (Fsp3) is 0.667. The van der Waals surface area contributed by atoms with Crippen LogP contribution in [0, 0.1) is 12.8 Å². The molecule has 1 aromatic heterocycles. The molecule has 5 nitrogen and oxygen atoms in total. The molecule has 1 N–H and O–H groups in total. The third-order valence-electron chi connectivity index (χ3n) is 3.43. The molecule has 0 bridgehead atoms. The molecular formula is C12H18N2O3S. The van der Waals surface area contributed by atoms with Gasteiger partial charge in [0.15, 0.2) is 0 Å². The quantitative estimate of drug-likeness (QED) is 0.875. The van der Waals surface area contributed by atoms with E-state index in [0.717, 1.165) is 18.8 Å². The third-order valence-corrected chi connectivity index (χ3v) is 4.35. The molecule has 100 valence electrons. The van der Waals surface area contributed by atoms with E-state index in [-0.39, 0.29) is 6.04 Å². The van der Waals surface area contributed by atoms with E-state index in [1.807, 2.05) is 19.4 Å². The highest BCUT2D eigenvalue weighted by molar-refractivity contribution is 7.09. The van der Waals surface area contributed by atoms with Crippen LogP contribution in [0.2, 0.25) is 0 Å². The van der Waals surface area contributed by atoms with Gasteiger partial charge in [0.25, 0.3) is 0 Å². The lowest BCUT2D eigenvalue weighted by molar-refractivity contribution is -0.143. The van der Waals surface area contributed by atoms with E-state index in [2.05, 4.69) is 9.88 Å². The Kier molecular flexibility index (Phi) is 4.31. The van der Waals surface area contributed by atoms with E-state index in [4.69, 9.17) is 4.74 Å². The molecule has 2 atom stereocenters. The summed E-state index contributed by atoms with van der Waals surface area (Å²) in [4.78, 5) is 18.8. The van der Waals surface area contributed by atoms with Crippen molar-refractivity contribution in [2.45, 2.75) is 26.4 Å². The zero-order valence-electron chi connectivity index (χ0n) is 10.6. The van der Waals surface area contributed by atoms with Crippen LogP contribution < -0.4 is 0 Å². The summed E-state index contributed by atoms with van der Waals surface area (Å²) in [6.07, 6.45) is 0. The van der Waals surface area contributed by atoms with Gasteiger partial charge in [-0.05, 0) is 13.5 Å². The normalized spacial score (nSPS) is 23.7. The van der Waals surface area contributed by atoms with Gasteiger partial charge in [0, 0.05) is 17.5 Å². The molecule has 1 aromatic rings. The zero-order valence-corrected chi connectivity index (χ0v) is 11.4. The second kappa shape index (κ2) is 5.77. The summed E-state index contributed by atoms with van der Waals surface area (Å²) in [6.45, 7) is 6.42. The molecule has 6 heteroatoms. The molecule has 0 radical (unpaired) electrons. The first-order valence-corrected chi connectivity index (χ1v) is 6.95. The lowest BCUT2D eigenvalue weighted by Crippen LogP contribution is -2.42. The van der Waals surface area contributed by atoms with Crippen LogP contribution in [-0.4, -0.2) is 46.8 Å². The van der Waals surface area contributed by atoms with Crippen molar-refractivity contribution in [3.05, 3.63) is 16.1 Å². The Morgan fingerprint density at radius 2 is 2.44 bits per heavy atom. The second-order valence-electron chi connectivity index (χ2n) is 4.47. The van der Waals surface area contributed by atoms with E-state index in [1.165, 1.54) is 4.88 Å². The predicted molar refractivity (Wildman–Crippen MR) is 68.7 cm³/mol. The van der Waals surface area contributed by atoms with E-state index in [1.54, 1.807) is 11.3 Å². The lowest BCUT2D eigenvalue weighted by Gasteiger charge is -2.28. The van der Waals surface area contributed by atoms with Crippen molar-refractivity contribution in [3.8, 4) is 0 Å². The monoisotopic (exact) mass is 270 g/mol. The number of nitrogens with zero attached hydrogens (tertiary/aromatic N) is 2. The van der Waals surface area contributed by atoms with Crippen LogP contribution in [0.1, 0.15) is 17.5 Å². The molecule has 1 fully saturated rings. The van der Waals surface area contributed by atoms with E-state index < -0.39 is 11.9 Å². The van der Waals surface area contributed by atoms with Gasteiger partial charge < -0.3 is 9.84 Å². The van der Waals surface area contributed by atoms with Gasteiger partial charge in [-0.15, -0.1) is 11.3 Å². The third kappa shape index (κ3) is 2.71. The largest absolute Gasteiger partial charge is 0.481 e. The van der Waals surface area contributed by atoms with Crippen LogP contribution in [-0.2, 0) is 16.1 Å². The van der Waals surface area contributed by atoms with E-state index in [0.29, 0.717) is 13.2 Å². The number of thiazole rings is 1. The molecule has 0 aliphatic carbocycles. The topological polar surface area (TPSA) is 62.7 Å². The number of hydrogen-bond acceptors (Lipinski definition) is 5. The minimum Gasteiger partial charge on any atom is -0.481 e. The fourth-order valence-electron chi connectivity index (χ4n) is 2.26. The van der Waals surface area contributed by atoms with Crippen molar-refractivity contribution < 1.29 is 14.6 Å². The van der Waals surface area contributed by atoms with Crippen molar-refractivity contribution in [2.75, 3.05) is 19.8 Å². The molecule has 0 aromatic carbocycles. The molecule has 2 heterocycles. The number of carboxylic acids is 1. The molecule has 0 spiro atoms. The van der Waals surface area contributed by atoms with Crippen molar-refractivity contribution in [1.29, 1.82) is 0 Å². The van der Waals surface area contributed by atoms with Gasteiger partial charge >= 0.3 is 5.97 Å². The molecule has 1 aliphatic heterocycles. The molecule has 1 aliphatic rings. The first kappa shape index (κ1) is 13.5. The Morgan fingerprint density at radius 3 is 3.00 bits per heavy atom. The lowest BCUT2D eigenvalue weighted by atomic mass is 10.0. The minimum atomic E-state index is -0.767. The van der Waals surface area contributed by atoms with E-state index in [9.17, 15) is 9.90 Å². The van der Waals surface area contributed by atoms with Crippen LogP contribution in [0.5, 0.6) is 0 Å². The summed E-state index contributed by atoms with van der Waals surface area (Å²) in [5.74, 6) is -1.19. The Balaban J connectivity index is 2.09. The van der Waals surface area contributed by atoms with Gasteiger partial charge in [-0.1, -0.05) is 6.92 Å². The maximum atomic E-state index is 11.2. The van der Waals surface area contributed by atoms with Gasteiger partial charge in [-0.2, -0.15) is 0 Å². The van der Waals surface area contributed by atoms with Crippen LogP contribution >= 0.6 is 11.3 Å². The summed E-state index contributed by atoms with van der Waals surface area (Å²) in [5.41, 5.74) is 2.86. The van der Waals surface area contributed by atoms with Gasteiger partial charge in [0.05, 0.1) is 30.3 Å². The Morgan fingerprint density at radius 1 is 1.67 bits per heavy atom. The summed E-state index contributed by atoms with van der Waals surface area (Å²) >= 11 is 1.62. The second-order valence-corrected chi connectivity index (χ2v) is 5.41. The Bertz CT molecular complexity index is 421. The standard InChI is InChI=1S/C12H18N2O3S/c1-3-14(4-11-8(2)13-7-18-11)10-6-17-5-9(10)12(15)16/h7,9-10H,3-6H2,1-2H3,(H,15,16). The number of ether oxygens (including phenoxy) is 1. The number of carbonyl (C=O) groups is 1. The maximum Gasteiger partial charge on any atom is 0.310 e. The Hall–Kier alpha value is -0.980. The number of aliphatic carboxylic acids is 1. The number of likely N-dealkylation sites (N-methyl/N-ethyl adjacent to an activating group) is 1. The highest BCUT2D eigenvalue weighted by Gasteiger charge is 2.37. The number of carboxylic acid groups (broad SMARTS) is 1. The predicted octanol–water partition coefficient (Wildman–Crippen LogP) is 1.37. The molecular weight excluding hydrogens is 252 g/mol. The SMILES string of the molecule is CCN(Cc1scnc1C)C1COCC1C(=O)O. The van der Waals surface area contributed by atoms with Crippen molar-refractivity contribution in [1.82, 2.24) is 9.88 Å². The highest BCUT2D eigenvalue weighted by atomic mass is 32.1. The van der Waals surface area contributed by atoms with E-state index >= 15 is 0 Å². The first-order chi connectivity index (χ1) is 8.63. The van der Waals surface area contributed by atoms with Gasteiger partial charge in [-0.3, -0.25) is 9.69 Å². The average molecular weight is 270 g/mol. The number of aromatic nitrogens is 1. The smallest absolute Gasteiger partial charge is 0.310 e. The Labute approximate surface area is 110 Å². The van der Waals surface area contributed by atoms with Crippen molar-refractivity contribution in [2.24, 2.45) is 5.92 Å². The average Bonchev–Trinajstić information content (AvgIpc) is 2.95. The van der Waals surface area contributed by atoms with Gasteiger partial charge in [0.1, 0.15) is 0 Å². The summed E-state index contributed by atoms with van der Waals surface area (Å²) in [7, 11) is 0. The zero-order chi connectivity index (χ0) is 13.1. The number of rotatable bonds is 5. The van der Waals surface area contributed by atoms with Crippen LogP contribution in [0.15, 0.2) is 5.51 Å². The highest BCUT2D eigenvalue weighted by Crippen LogP contribution is 2.23. The van der Waals surface area contributed by atoms with Crippen LogP contribution in [0.25, 0.3) is 0 Å². The summed E-state index contributed by atoms with van der Waals surface area (Å²) in [5, 5.41) is 9.19. The van der Waals surface area contributed by atoms with Gasteiger partial charge in [0.2, 0.25) is 0 Å². The van der Waals surface area contributed by atoms with Gasteiger partial charge in [-0.25, -0.2) is 4.98 Å². The van der Waals surface area contributed by atoms with Crippen LogP contribution in [0.4, 0.5) is 0 Å². The van der Waals surface area contributed by atoms with Crippen LogP contribution in [0.3, 0.4) is 0 Å². The summed E-state index contributed by atoms with van der Waals surface area (Å²) < 4.78 is 5.33. The molecule has 2 rings (SSSR count). The molecule has 0 amide bonds. The molecule has 1 saturated heterocycles. The maximum absolute atomic E-state index is 11.2. The number of hydrogen-bond donors (Lipinski definition) is 1. The summed E-state index contributed by atoms with van der Waals surface area (Å²) in [6, 6.07) is -0.0333.